The Labute approximate surface area is 139 Å². The summed E-state index contributed by atoms with van der Waals surface area (Å²) in [5.74, 6) is 0.194. The van der Waals surface area contributed by atoms with Gasteiger partial charge in [-0.2, -0.15) is 0 Å². The van der Waals surface area contributed by atoms with Crippen LogP contribution in [-0.4, -0.2) is 47.9 Å². The fourth-order valence-corrected chi connectivity index (χ4v) is 4.21. The molecule has 1 aliphatic carbocycles. The Bertz CT molecular complexity index is 539. The summed E-state index contributed by atoms with van der Waals surface area (Å²) < 4.78 is 0. The summed E-state index contributed by atoms with van der Waals surface area (Å²) in [7, 11) is 1.99. The van der Waals surface area contributed by atoms with Crippen LogP contribution in [0.15, 0.2) is 24.3 Å². The third-order valence-corrected chi connectivity index (χ3v) is 5.59. The summed E-state index contributed by atoms with van der Waals surface area (Å²) in [5, 5.41) is 0. The number of para-hydroxylation sites is 1. The van der Waals surface area contributed by atoms with Gasteiger partial charge in [0.25, 0.3) is 0 Å². The zero-order chi connectivity index (χ0) is 16.2. The number of hydrogen-bond donors (Lipinski definition) is 1. The molecule has 0 unspecified atom stereocenters. The van der Waals surface area contributed by atoms with Crippen molar-refractivity contribution in [3.63, 3.8) is 0 Å². The van der Waals surface area contributed by atoms with Gasteiger partial charge < -0.3 is 10.6 Å². The maximum atomic E-state index is 12.8. The van der Waals surface area contributed by atoms with E-state index in [1.54, 1.807) is 0 Å². The minimum absolute atomic E-state index is 0.194. The highest BCUT2D eigenvalue weighted by molar-refractivity contribution is 5.80. The van der Waals surface area contributed by atoms with Gasteiger partial charge in [0.05, 0.1) is 6.42 Å². The summed E-state index contributed by atoms with van der Waals surface area (Å²) in [6.07, 6.45) is 7.92. The predicted octanol–water partition coefficient (Wildman–Crippen LogP) is 2.68. The molecule has 0 spiro atoms. The first-order valence-corrected chi connectivity index (χ1v) is 9.00. The fourth-order valence-electron chi connectivity index (χ4n) is 4.21. The molecule has 1 aromatic carbocycles. The lowest BCUT2D eigenvalue weighted by atomic mass is 9.88. The number of carbonyl (C=O) groups excluding carboxylic acids is 1. The number of carbonyl (C=O) groups is 1. The van der Waals surface area contributed by atoms with Gasteiger partial charge in [-0.05, 0) is 50.4 Å². The van der Waals surface area contributed by atoms with E-state index in [0.29, 0.717) is 24.2 Å². The molecular weight excluding hydrogens is 286 g/mol. The van der Waals surface area contributed by atoms with E-state index in [-0.39, 0.29) is 5.91 Å². The van der Waals surface area contributed by atoms with Crippen molar-refractivity contribution in [3.05, 3.63) is 29.8 Å². The number of rotatable bonds is 4. The maximum Gasteiger partial charge on any atom is 0.227 e. The van der Waals surface area contributed by atoms with Crippen LogP contribution in [0.1, 0.15) is 44.1 Å². The number of amides is 1. The Balaban J connectivity index is 1.68. The molecule has 23 heavy (non-hydrogen) atoms. The van der Waals surface area contributed by atoms with Gasteiger partial charge in [-0.3, -0.25) is 9.69 Å². The average molecular weight is 315 g/mol. The molecule has 0 bridgehead atoms. The lowest BCUT2D eigenvalue weighted by Crippen LogP contribution is -2.53. The maximum absolute atomic E-state index is 12.8. The Morgan fingerprint density at radius 3 is 2.61 bits per heavy atom. The molecule has 1 saturated heterocycles. The van der Waals surface area contributed by atoms with Crippen molar-refractivity contribution in [1.29, 1.82) is 0 Å². The topological polar surface area (TPSA) is 49.6 Å². The smallest absolute Gasteiger partial charge is 0.227 e. The highest BCUT2D eigenvalue weighted by Crippen LogP contribution is 2.29. The van der Waals surface area contributed by atoms with Crippen molar-refractivity contribution in [1.82, 2.24) is 9.80 Å². The number of benzene rings is 1. The number of nitrogen functional groups attached to an aromatic ring is 1. The van der Waals surface area contributed by atoms with Crippen LogP contribution in [0.4, 0.5) is 5.69 Å². The number of likely N-dealkylation sites (N-methyl/N-ethyl adjacent to an activating group) is 1. The monoisotopic (exact) mass is 315 g/mol. The molecule has 0 aromatic heterocycles. The second-order valence-corrected chi connectivity index (χ2v) is 7.04. The van der Waals surface area contributed by atoms with Gasteiger partial charge in [0.2, 0.25) is 5.91 Å². The largest absolute Gasteiger partial charge is 0.398 e. The number of anilines is 1. The number of hydrogen-bond acceptors (Lipinski definition) is 3. The van der Waals surface area contributed by atoms with Crippen LogP contribution < -0.4 is 5.73 Å². The zero-order valence-corrected chi connectivity index (χ0v) is 14.2. The molecule has 2 aliphatic rings. The van der Waals surface area contributed by atoms with Gasteiger partial charge in [0.15, 0.2) is 0 Å². The third kappa shape index (κ3) is 3.69. The molecule has 2 fully saturated rings. The molecule has 4 nitrogen and oxygen atoms in total. The molecule has 126 valence electrons. The SMILES string of the molecule is CN(C(=O)Cc1ccccc1N)[C@H]1CCCC[C@@H]1N1CCCC1. The van der Waals surface area contributed by atoms with Crippen molar-refractivity contribution in [2.45, 2.75) is 57.0 Å². The van der Waals surface area contributed by atoms with Crippen molar-refractivity contribution < 1.29 is 4.79 Å². The quantitative estimate of drug-likeness (QED) is 0.869. The fraction of sp³-hybridized carbons (Fsp3) is 0.632. The number of likely N-dealkylation sites (tertiary alicyclic amines) is 1. The molecule has 1 aromatic rings. The minimum atomic E-state index is 0.194. The Kier molecular flexibility index (Phi) is 5.21. The molecule has 3 rings (SSSR count). The highest BCUT2D eigenvalue weighted by Gasteiger charge is 2.35. The van der Waals surface area contributed by atoms with Crippen LogP contribution in [0, 0.1) is 0 Å². The molecule has 2 atom stereocenters. The second-order valence-electron chi connectivity index (χ2n) is 7.04. The number of nitrogens with two attached hydrogens (primary N) is 1. The molecule has 1 heterocycles. The van der Waals surface area contributed by atoms with Gasteiger partial charge in [-0.1, -0.05) is 31.0 Å². The highest BCUT2D eigenvalue weighted by atomic mass is 16.2. The van der Waals surface area contributed by atoms with E-state index < -0.39 is 0 Å². The van der Waals surface area contributed by atoms with Gasteiger partial charge in [-0.25, -0.2) is 0 Å². The molecule has 4 heteroatoms. The van der Waals surface area contributed by atoms with Gasteiger partial charge in [-0.15, -0.1) is 0 Å². The number of nitrogens with zero attached hydrogens (tertiary/aromatic N) is 2. The van der Waals surface area contributed by atoms with Crippen LogP contribution in [0.2, 0.25) is 0 Å². The van der Waals surface area contributed by atoms with Gasteiger partial charge in [0, 0.05) is 24.8 Å². The second kappa shape index (κ2) is 7.35. The van der Waals surface area contributed by atoms with E-state index in [1.165, 1.54) is 45.2 Å². The van der Waals surface area contributed by atoms with Crippen molar-refractivity contribution in [2.24, 2.45) is 0 Å². The Morgan fingerprint density at radius 1 is 1.17 bits per heavy atom. The van der Waals surface area contributed by atoms with Crippen LogP contribution in [0.3, 0.4) is 0 Å². The molecule has 1 amide bonds. The summed E-state index contributed by atoms with van der Waals surface area (Å²) in [6, 6.07) is 8.60. The molecular formula is C19H29N3O. The van der Waals surface area contributed by atoms with Crippen LogP contribution in [-0.2, 0) is 11.2 Å². The Morgan fingerprint density at radius 2 is 1.87 bits per heavy atom. The van der Waals surface area contributed by atoms with Crippen molar-refractivity contribution in [3.8, 4) is 0 Å². The van der Waals surface area contributed by atoms with Crippen LogP contribution in [0.5, 0.6) is 0 Å². The van der Waals surface area contributed by atoms with E-state index in [2.05, 4.69) is 4.90 Å². The summed E-state index contributed by atoms with van der Waals surface area (Å²) in [6.45, 7) is 2.41. The summed E-state index contributed by atoms with van der Waals surface area (Å²) in [4.78, 5) is 17.4. The molecule has 1 saturated carbocycles. The predicted molar refractivity (Wildman–Crippen MR) is 94.2 cm³/mol. The molecule has 1 aliphatic heterocycles. The summed E-state index contributed by atoms with van der Waals surface area (Å²) in [5.41, 5.74) is 7.65. The standard InChI is InChI=1S/C19H29N3O/c1-21(19(23)14-15-8-2-3-9-16(15)20)17-10-4-5-11-18(17)22-12-6-7-13-22/h2-3,8-9,17-18H,4-7,10-14,20H2,1H3/t17-,18-/m0/s1. The third-order valence-electron chi connectivity index (χ3n) is 5.59. The van der Waals surface area contributed by atoms with E-state index in [1.807, 2.05) is 36.2 Å². The van der Waals surface area contributed by atoms with E-state index in [0.717, 1.165) is 12.0 Å². The van der Waals surface area contributed by atoms with Crippen molar-refractivity contribution >= 4 is 11.6 Å². The van der Waals surface area contributed by atoms with Crippen LogP contribution in [0.25, 0.3) is 0 Å². The van der Waals surface area contributed by atoms with Crippen molar-refractivity contribution in [2.75, 3.05) is 25.9 Å². The van der Waals surface area contributed by atoms with Crippen LogP contribution >= 0.6 is 0 Å². The normalized spacial score (nSPS) is 25.4. The van der Waals surface area contributed by atoms with Gasteiger partial charge >= 0.3 is 0 Å². The average Bonchev–Trinajstić information content (AvgIpc) is 3.10. The molecule has 0 radical (unpaired) electrons. The van der Waals surface area contributed by atoms with E-state index >= 15 is 0 Å². The first-order chi connectivity index (χ1) is 11.2. The Hall–Kier alpha value is -1.55. The van der Waals surface area contributed by atoms with E-state index in [9.17, 15) is 4.79 Å². The lowest BCUT2D eigenvalue weighted by Gasteiger charge is -2.42. The minimum Gasteiger partial charge on any atom is -0.398 e. The zero-order valence-electron chi connectivity index (χ0n) is 14.2. The first kappa shape index (κ1) is 16.3. The lowest BCUT2D eigenvalue weighted by molar-refractivity contribution is -0.133. The molecule has 2 N–H and O–H groups in total. The van der Waals surface area contributed by atoms with E-state index in [4.69, 9.17) is 5.73 Å². The van der Waals surface area contributed by atoms with Gasteiger partial charge in [0.1, 0.15) is 0 Å². The summed E-state index contributed by atoms with van der Waals surface area (Å²) >= 11 is 0. The first-order valence-electron chi connectivity index (χ1n) is 9.00.